The van der Waals surface area contributed by atoms with Crippen molar-refractivity contribution in [2.75, 3.05) is 17.5 Å². The summed E-state index contributed by atoms with van der Waals surface area (Å²) in [5.41, 5.74) is 4.24. The molecule has 6 nitrogen and oxygen atoms in total. The van der Waals surface area contributed by atoms with Crippen molar-refractivity contribution in [3.63, 3.8) is 0 Å². The largest absolute Gasteiger partial charge is 0.494 e. The molecule has 0 radical (unpaired) electrons. The Hall–Kier alpha value is -3.32. The molecule has 36 heavy (non-hydrogen) atoms. The summed E-state index contributed by atoms with van der Waals surface area (Å²) in [5, 5.41) is 3.07. The number of para-hydroxylation sites is 1. The van der Waals surface area contributed by atoms with Crippen LogP contribution < -0.4 is 14.4 Å². The Morgan fingerprint density at radius 3 is 2.31 bits per heavy atom. The van der Waals surface area contributed by atoms with Crippen LogP contribution in [0.1, 0.15) is 55.8 Å². The molecule has 7 heteroatoms. The molecular weight excluding hydrogens is 472 g/mol. The van der Waals surface area contributed by atoms with Gasteiger partial charge in [0.2, 0.25) is 5.91 Å². The zero-order valence-electron chi connectivity index (χ0n) is 20.9. The number of benzene rings is 3. The fourth-order valence-electron chi connectivity index (χ4n) is 4.67. The first-order chi connectivity index (χ1) is 17.4. The number of nitrogens with one attached hydrogen (secondary N) is 1. The molecule has 0 unspecified atom stereocenters. The van der Waals surface area contributed by atoms with Crippen LogP contribution in [0.3, 0.4) is 0 Å². The van der Waals surface area contributed by atoms with Crippen molar-refractivity contribution in [2.45, 2.75) is 56.9 Å². The number of amides is 1. The summed E-state index contributed by atoms with van der Waals surface area (Å²) in [6.07, 6.45) is 5.29. The smallest absolute Gasteiger partial charge is 0.264 e. The third kappa shape index (κ3) is 5.90. The van der Waals surface area contributed by atoms with Gasteiger partial charge >= 0.3 is 0 Å². The first-order valence-corrected chi connectivity index (χ1v) is 14.1. The van der Waals surface area contributed by atoms with E-state index >= 15 is 0 Å². The predicted octanol–water partition coefficient (Wildman–Crippen LogP) is 5.43. The van der Waals surface area contributed by atoms with E-state index in [0.29, 0.717) is 24.5 Å². The number of hydrogen-bond donors (Lipinski definition) is 1. The molecular formula is C29H34N2O4S. The molecule has 4 rings (SSSR count). The Bertz CT molecular complexity index is 1270. The van der Waals surface area contributed by atoms with Crippen LogP contribution in [0.4, 0.5) is 5.69 Å². The monoisotopic (exact) mass is 506 g/mol. The molecule has 1 aliphatic carbocycles. The van der Waals surface area contributed by atoms with Crippen LogP contribution in [0.5, 0.6) is 5.75 Å². The lowest BCUT2D eigenvalue weighted by molar-refractivity contribution is -0.120. The van der Waals surface area contributed by atoms with Crippen LogP contribution in [-0.2, 0) is 27.7 Å². The lowest BCUT2D eigenvalue weighted by atomic mass is 9.89. The molecule has 0 bridgehead atoms. The number of rotatable bonds is 10. The van der Waals surface area contributed by atoms with Crippen LogP contribution in [0.25, 0.3) is 0 Å². The van der Waals surface area contributed by atoms with Crippen molar-refractivity contribution in [3.8, 4) is 5.75 Å². The minimum Gasteiger partial charge on any atom is -0.494 e. The van der Waals surface area contributed by atoms with Gasteiger partial charge in [-0.2, -0.15) is 0 Å². The van der Waals surface area contributed by atoms with Crippen molar-refractivity contribution in [3.05, 3.63) is 89.5 Å². The summed E-state index contributed by atoms with van der Waals surface area (Å²) in [5.74, 6) is 0.245. The highest BCUT2D eigenvalue weighted by atomic mass is 32.2. The van der Waals surface area contributed by atoms with E-state index in [4.69, 9.17) is 4.74 Å². The quantitative estimate of drug-likeness (QED) is 0.398. The molecule has 0 saturated carbocycles. The number of sulfonamides is 1. The lowest BCUT2D eigenvalue weighted by Crippen LogP contribution is -2.42. The van der Waals surface area contributed by atoms with Gasteiger partial charge in [-0.1, -0.05) is 43.3 Å². The molecule has 0 aliphatic heterocycles. The summed E-state index contributed by atoms with van der Waals surface area (Å²) < 4.78 is 33.9. The standard InChI is InChI=1S/C29H34N2O4S/c1-3-28(24-15-14-22-10-8-9-11-23(22)20-24)30-29(32)21-31(25-12-6-5-7-13-25)36(33,34)27-18-16-26(17-19-27)35-4-2/h5-7,12-20,28H,3-4,8-11,21H2,1-2H3,(H,30,32)/t28-/m0/s1. The van der Waals surface area contributed by atoms with E-state index in [2.05, 4.69) is 23.5 Å². The molecule has 1 aliphatic rings. The topological polar surface area (TPSA) is 75.7 Å². The number of fused-ring (bicyclic) bond motifs is 1. The van der Waals surface area contributed by atoms with E-state index in [0.717, 1.165) is 22.7 Å². The Kier molecular flexibility index (Phi) is 8.31. The zero-order chi connectivity index (χ0) is 25.5. The van der Waals surface area contributed by atoms with E-state index in [9.17, 15) is 13.2 Å². The van der Waals surface area contributed by atoms with Gasteiger partial charge in [0.05, 0.1) is 23.2 Å². The normalized spacial score (nSPS) is 13.9. The molecule has 3 aromatic rings. The second kappa shape index (κ2) is 11.6. The van der Waals surface area contributed by atoms with Crippen LogP contribution in [-0.4, -0.2) is 27.5 Å². The van der Waals surface area contributed by atoms with Gasteiger partial charge in [-0.15, -0.1) is 0 Å². The van der Waals surface area contributed by atoms with Gasteiger partial charge in [0, 0.05) is 0 Å². The number of carbonyl (C=O) groups is 1. The Labute approximate surface area is 214 Å². The highest BCUT2D eigenvalue weighted by Gasteiger charge is 2.28. The Morgan fingerprint density at radius 2 is 1.64 bits per heavy atom. The summed E-state index contributed by atoms with van der Waals surface area (Å²) in [4.78, 5) is 13.3. The van der Waals surface area contributed by atoms with Crippen molar-refractivity contribution < 1.29 is 17.9 Å². The molecule has 0 saturated heterocycles. The SMILES string of the molecule is CCOc1ccc(S(=O)(=O)N(CC(=O)N[C@@H](CC)c2ccc3c(c2)CCCC3)c2ccccc2)cc1. The van der Waals surface area contributed by atoms with Gasteiger partial charge < -0.3 is 10.1 Å². The Morgan fingerprint density at radius 1 is 0.944 bits per heavy atom. The maximum absolute atomic E-state index is 13.6. The average molecular weight is 507 g/mol. The Balaban J connectivity index is 1.56. The summed E-state index contributed by atoms with van der Waals surface area (Å²) in [7, 11) is -3.98. The second-order valence-corrected chi connectivity index (χ2v) is 10.9. The van der Waals surface area contributed by atoms with Crippen LogP contribution in [0.15, 0.2) is 77.7 Å². The highest BCUT2D eigenvalue weighted by Crippen LogP contribution is 2.27. The first kappa shape index (κ1) is 25.8. The number of ether oxygens (including phenoxy) is 1. The van der Waals surface area contributed by atoms with Gasteiger partial charge in [0.25, 0.3) is 10.0 Å². The molecule has 0 fully saturated rings. The molecule has 190 valence electrons. The summed E-state index contributed by atoms with van der Waals surface area (Å²) in [6, 6.07) is 21.3. The van der Waals surface area contributed by atoms with E-state index in [1.807, 2.05) is 19.9 Å². The first-order valence-electron chi connectivity index (χ1n) is 12.6. The van der Waals surface area contributed by atoms with Crippen LogP contribution >= 0.6 is 0 Å². The molecule has 0 spiro atoms. The number of carbonyl (C=O) groups excluding carboxylic acids is 1. The molecule has 3 aromatic carbocycles. The molecule has 1 amide bonds. The number of nitrogens with zero attached hydrogens (tertiary/aromatic N) is 1. The zero-order valence-corrected chi connectivity index (χ0v) is 21.8. The van der Waals surface area contributed by atoms with Gasteiger partial charge in [0.1, 0.15) is 12.3 Å². The van der Waals surface area contributed by atoms with Gasteiger partial charge in [0.15, 0.2) is 0 Å². The summed E-state index contributed by atoms with van der Waals surface area (Å²) >= 11 is 0. The molecule has 1 atom stereocenters. The van der Waals surface area contributed by atoms with Gasteiger partial charge in [-0.3, -0.25) is 9.10 Å². The predicted molar refractivity (Wildman–Crippen MR) is 143 cm³/mol. The third-order valence-electron chi connectivity index (χ3n) is 6.57. The molecule has 1 N–H and O–H groups in total. The van der Waals surface area contributed by atoms with Gasteiger partial charge in [-0.25, -0.2) is 8.42 Å². The van der Waals surface area contributed by atoms with E-state index in [1.54, 1.807) is 36.4 Å². The van der Waals surface area contributed by atoms with Crippen molar-refractivity contribution in [1.29, 1.82) is 0 Å². The minimum absolute atomic E-state index is 0.101. The van der Waals surface area contributed by atoms with Crippen molar-refractivity contribution in [1.82, 2.24) is 5.32 Å². The third-order valence-corrected chi connectivity index (χ3v) is 8.36. The van der Waals surface area contributed by atoms with Crippen molar-refractivity contribution in [2.24, 2.45) is 0 Å². The van der Waals surface area contributed by atoms with Crippen LogP contribution in [0.2, 0.25) is 0 Å². The van der Waals surface area contributed by atoms with Crippen LogP contribution in [0, 0.1) is 0 Å². The fourth-order valence-corrected chi connectivity index (χ4v) is 6.09. The number of hydrogen-bond acceptors (Lipinski definition) is 4. The summed E-state index contributed by atoms with van der Waals surface area (Å²) in [6.45, 7) is 4.07. The van der Waals surface area contributed by atoms with E-state index in [1.165, 1.54) is 36.1 Å². The highest BCUT2D eigenvalue weighted by molar-refractivity contribution is 7.92. The van der Waals surface area contributed by atoms with Crippen molar-refractivity contribution >= 4 is 21.6 Å². The second-order valence-electron chi connectivity index (χ2n) is 9.02. The van der Waals surface area contributed by atoms with Gasteiger partial charge in [-0.05, 0) is 92.1 Å². The van der Waals surface area contributed by atoms with E-state index in [-0.39, 0.29) is 23.4 Å². The number of anilines is 1. The number of aryl methyl sites for hydroxylation is 2. The average Bonchev–Trinajstić information content (AvgIpc) is 2.91. The minimum atomic E-state index is -3.98. The molecule has 0 aromatic heterocycles. The van der Waals surface area contributed by atoms with E-state index < -0.39 is 10.0 Å². The maximum atomic E-state index is 13.6. The molecule has 0 heterocycles. The fraction of sp³-hybridized carbons (Fsp3) is 0.345. The lowest BCUT2D eigenvalue weighted by Gasteiger charge is -2.26. The maximum Gasteiger partial charge on any atom is 0.264 e.